The van der Waals surface area contributed by atoms with E-state index in [1.807, 2.05) is 24.4 Å². The first-order chi connectivity index (χ1) is 13.9. The van der Waals surface area contributed by atoms with Crippen LogP contribution in [-0.2, 0) is 12.6 Å². The van der Waals surface area contributed by atoms with Gasteiger partial charge in [0.1, 0.15) is 11.6 Å². The van der Waals surface area contributed by atoms with Crippen molar-refractivity contribution in [3.63, 3.8) is 0 Å². The lowest BCUT2D eigenvalue weighted by Crippen LogP contribution is -2.08. The van der Waals surface area contributed by atoms with E-state index in [1.54, 1.807) is 19.1 Å². The van der Waals surface area contributed by atoms with Crippen molar-refractivity contribution in [2.24, 2.45) is 0 Å². The van der Waals surface area contributed by atoms with Crippen LogP contribution in [0.25, 0.3) is 22.2 Å². The first kappa shape index (κ1) is 19.0. The van der Waals surface area contributed by atoms with E-state index in [-0.39, 0.29) is 0 Å². The highest BCUT2D eigenvalue weighted by atomic mass is 19.4. The lowest BCUT2D eigenvalue weighted by atomic mass is 10.1. The highest BCUT2D eigenvalue weighted by Crippen LogP contribution is 2.32. The van der Waals surface area contributed by atoms with Gasteiger partial charge in [0, 0.05) is 35.3 Å². The number of hydrogen-bond acceptors (Lipinski definition) is 3. The monoisotopic (exact) mass is 396 g/mol. The molecule has 4 nitrogen and oxygen atoms in total. The third-order valence-electron chi connectivity index (χ3n) is 4.70. The molecule has 2 heterocycles. The summed E-state index contributed by atoms with van der Waals surface area (Å²) in [4.78, 5) is 11.9. The Balaban J connectivity index is 1.51. The number of hydrogen-bond donors (Lipinski definition) is 2. The molecule has 0 aliphatic rings. The molecule has 7 heteroatoms. The maximum atomic E-state index is 13.0. The Labute approximate surface area is 165 Å². The number of aromatic amines is 1. The molecule has 148 valence electrons. The highest BCUT2D eigenvalue weighted by Gasteiger charge is 2.30. The van der Waals surface area contributed by atoms with Gasteiger partial charge >= 0.3 is 6.18 Å². The van der Waals surface area contributed by atoms with Crippen molar-refractivity contribution in [3.8, 4) is 11.3 Å². The zero-order valence-electron chi connectivity index (χ0n) is 15.7. The summed E-state index contributed by atoms with van der Waals surface area (Å²) in [6, 6.07) is 14.9. The van der Waals surface area contributed by atoms with Crippen LogP contribution in [-0.4, -0.2) is 21.5 Å². The van der Waals surface area contributed by atoms with Gasteiger partial charge in [-0.3, -0.25) is 0 Å². The van der Waals surface area contributed by atoms with Crippen LogP contribution in [0.1, 0.15) is 17.0 Å². The van der Waals surface area contributed by atoms with E-state index in [1.165, 1.54) is 17.0 Å². The van der Waals surface area contributed by atoms with Crippen LogP contribution in [0.3, 0.4) is 0 Å². The number of benzene rings is 2. The van der Waals surface area contributed by atoms with Crippen molar-refractivity contribution < 1.29 is 13.2 Å². The van der Waals surface area contributed by atoms with E-state index in [9.17, 15) is 13.2 Å². The minimum atomic E-state index is -4.39. The Morgan fingerprint density at radius 2 is 1.83 bits per heavy atom. The van der Waals surface area contributed by atoms with E-state index >= 15 is 0 Å². The quantitative estimate of drug-likeness (QED) is 0.461. The molecule has 2 aromatic carbocycles. The van der Waals surface area contributed by atoms with Crippen LogP contribution in [0.4, 0.5) is 19.0 Å². The number of anilines is 1. The van der Waals surface area contributed by atoms with Crippen LogP contribution >= 0.6 is 0 Å². The molecule has 0 bridgehead atoms. The van der Waals surface area contributed by atoms with Crippen molar-refractivity contribution in [1.29, 1.82) is 0 Å². The first-order valence-electron chi connectivity index (χ1n) is 9.22. The topological polar surface area (TPSA) is 53.6 Å². The van der Waals surface area contributed by atoms with E-state index in [0.29, 0.717) is 29.4 Å². The Hall–Kier alpha value is -3.35. The molecule has 0 atom stereocenters. The number of halogens is 3. The SMILES string of the molecule is Cc1nc(NCCc2c[nH]c3ccccc23)cc(-c2cccc(C(F)(F)F)c2)n1. The smallest absolute Gasteiger partial charge is 0.370 e. The third-order valence-corrected chi connectivity index (χ3v) is 4.70. The van der Waals surface area contributed by atoms with Gasteiger partial charge in [-0.15, -0.1) is 0 Å². The molecule has 0 unspecified atom stereocenters. The molecular formula is C22H19F3N4. The molecule has 0 aliphatic heterocycles. The fraction of sp³-hybridized carbons (Fsp3) is 0.182. The highest BCUT2D eigenvalue weighted by molar-refractivity contribution is 5.83. The number of aryl methyl sites for hydroxylation is 1. The zero-order chi connectivity index (χ0) is 20.4. The second-order valence-corrected chi connectivity index (χ2v) is 6.80. The summed E-state index contributed by atoms with van der Waals surface area (Å²) >= 11 is 0. The van der Waals surface area contributed by atoms with Gasteiger partial charge in [0.2, 0.25) is 0 Å². The second kappa shape index (κ2) is 7.58. The van der Waals surface area contributed by atoms with Crippen molar-refractivity contribution in [2.75, 3.05) is 11.9 Å². The molecule has 0 radical (unpaired) electrons. The molecule has 0 aliphatic carbocycles. The number of para-hydroxylation sites is 1. The number of rotatable bonds is 5. The summed E-state index contributed by atoms with van der Waals surface area (Å²) in [5.41, 5.74) is 2.45. The standard InChI is InChI=1S/C22H19F3N4/c1-14-28-20(15-5-4-6-17(11-15)22(23,24)25)12-21(29-14)26-10-9-16-13-27-19-8-3-2-7-18(16)19/h2-8,11-13,27H,9-10H2,1H3,(H,26,28,29). The van der Waals surface area contributed by atoms with E-state index < -0.39 is 11.7 Å². The number of nitrogens with one attached hydrogen (secondary N) is 2. The van der Waals surface area contributed by atoms with Gasteiger partial charge in [-0.05, 0) is 37.1 Å². The van der Waals surface area contributed by atoms with Crippen LogP contribution in [0.5, 0.6) is 0 Å². The fourth-order valence-electron chi connectivity index (χ4n) is 3.32. The number of alkyl halides is 3. The Morgan fingerprint density at radius 3 is 2.66 bits per heavy atom. The van der Waals surface area contributed by atoms with E-state index in [2.05, 4.69) is 26.3 Å². The van der Waals surface area contributed by atoms with Gasteiger partial charge in [0.15, 0.2) is 0 Å². The van der Waals surface area contributed by atoms with Crippen LogP contribution in [0.2, 0.25) is 0 Å². The third kappa shape index (κ3) is 4.23. The molecule has 0 saturated heterocycles. The minimum Gasteiger partial charge on any atom is -0.370 e. The first-order valence-corrected chi connectivity index (χ1v) is 9.22. The van der Waals surface area contributed by atoms with Crippen LogP contribution < -0.4 is 5.32 Å². The Morgan fingerprint density at radius 1 is 1.00 bits per heavy atom. The van der Waals surface area contributed by atoms with Gasteiger partial charge in [0.25, 0.3) is 0 Å². The lowest BCUT2D eigenvalue weighted by molar-refractivity contribution is -0.137. The number of aromatic nitrogens is 3. The minimum absolute atomic E-state index is 0.407. The molecular weight excluding hydrogens is 377 g/mol. The number of nitrogens with zero attached hydrogens (tertiary/aromatic N) is 2. The summed E-state index contributed by atoms with van der Waals surface area (Å²) in [5, 5.41) is 4.43. The normalized spacial score (nSPS) is 11.7. The van der Waals surface area contributed by atoms with Crippen molar-refractivity contribution >= 4 is 16.7 Å². The van der Waals surface area contributed by atoms with E-state index in [0.717, 1.165) is 24.1 Å². The maximum Gasteiger partial charge on any atom is 0.416 e. The molecule has 4 rings (SSSR count). The predicted octanol–water partition coefficient (Wildman–Crippen LogP) is 5.61. The fourth-order valence-corrected chi connectivity index (χ4v) is 3.32. The van der Waals surface area contributed by atoms with Crippen molar-refractivity contribution in [2.45, 2.75) is 19.5 Å². The molecule has 0 spiro atoms. The second-order valence-electron chi connectivity index (χ2n) is 6.80. The summed E-state index contributed by atoms with van der Waals surface area (Å²) in [7, 11) is 0. The Bertz CT molecular complexity index is 1150. The molecule has 29 heavy (non-hydrogen) atoms. The largest absolute Gasteiger partial charge is 0.416 e. The van der Waals surface area contributed by atoms with Crippen LogP contribution in [0.15, 0.2) is 60.8 Å². The van der Waals surface area contributed by atoms with Crippen molar-refractivity contribution in [1.82, 2.24) is 15.0 Å². The molecule has 4 aromatic rings. The average Bonchev–Trinajstić information content (AvgIpc) is 3.10. The number of fused-ring (bicyclic) bond motifs is 1. The van der Waals surface area contributed by atoms with Gasteiger partial charge in [-0.2, -0.15) is 13.2 Å². The van der Waals surface area contributed by atoms with Gasteiger partial charge in [-0.25, -0.2) is 9.97 Å². The van der Waals surface area contributed by atoms with Gasteiger partial charge < -0.3 is 10.3 Å². The summed E-state index contributed by atoms with van der Waals surface area (Å²) in [6.07, 6.45) is -1.61. The van der Waals surface area contributed by atoms with Gasteiger partial charge in [-0.1, -0.05) is 30.3 Å². The van der Waals surface area contributed by atoms with E-state index in [4.69, 9.17) is 0 Å². The lowest BCUT2D eigenvalue weighted by Gasteiger charge is -2.11. The Kier molecular flexibility index (Phi) is 4.96. The summed E-state index contributed by atoms with van der Waals surface area (Å²) < 4.78 is 39.0. The molecule has 0 saturated carbocycles. The molecule has 2 N–H and O–H groups in total. The average molecular weight is 396 g/mol. The maximum absolute atomic E-state index is 13.0. The molecule has 0 fully saturated rings. The zero-order valence-corrected chi connectivity index (χ0v) is 15.7. The van der Waals surface area contributed by atoms with Crippen molar-refractivity contribution in [3.05, 3.63) is 77.7 Å². The molecule has 2 aromatic heterocycles. The summed E-state index contributed by atoms with van der Waals surface area (Å²) in [5.74, 6) is 1.08. The van der Waals surface area contributed by atoms with Gasteiger partial charge in [0.05, 0.1) is 11.3 Å². The predicted molar refractivity (Wildman–Crippen MR) is 108 cm³/mol. The van der Waals surface area contributed by atoms with Crippen LogP contribution in [0, 0.1) is 6.92 Å². The summed E-state index contributed by atoms with van der Waals surface area (Å²) in [6.45, 7) is 2.36. The molecule has 0 amide bonds. The number of H-pyrrole nitrogens is 1.